The number of carbonyl (C=O) groups is 2. The number of nitrogens with one attached hydrogen (secondary N) is 1. The number of hydrogen-bond donors (Lipinski definition) is 2. The number of carboxylic acid groups (broad SMARTS) is 1. The zero-order chi connectivity index (χ0) is 26.4. The zero-order valence-electron chi connectivity index (χ0n) is 20.3. The average Bonchev–Trinajstić information content (AvgIpc) is 2.93. The molecule has 0 aliphatic heterocycles. The number of ether oxygens (including phenoxy) is 2. The van der Waals surface area contributed by atoms with Gasteiger partial charge in [-0.25, -0.2) is 9.78 Å². The van der Waals surface area contributed by atoms with Crippen LogP contribution in [0, 0.1) is 0 Å². The van der Waals surface area contributed by atoms with E-state index in [1.165, 1.54) is 23.9 Å². The summed E-state index contributed by atoms with van der Waals surface area (Å²) in [5, 5.41) is 20.3. The molecule has 1 amide bonds. The van der Waals surface area contributed by atoms with Crippen LogP contribution in [0.3, 0.4) is 0 Å². The molecule has 0 aliphatic rings. The molecule has 1 unspecified atom stereocenters. The summed E-state index contributed by atoms with van der Waals surface area (Å²) in [6.07, 6.45) is 0. The Bertz CT molecular complexity index is 1390. The number of anilines is 1. The summed E-state index contributed by atoms with van der Waals surface area (Å²) in [6, 6.07) is 20.9. The molecule has 1 heterocycles. The molecule has 3 aromatic carbocycles. The van der Waals surface area contributed by atoms with Crippen LogP contribution in [0.2, 0.25) is 0 Å². The number of thioether (sulfide) groups is 1. The van der Waals surface area contributed by atoms with Crippen LogP contribution in [0.4, 0.5) is 5.69 Å². The van der Waals surface area contributed by atoms with E-state index < -0.39 is 11.2 Å². The summed E-state index contributed by atoms with van der Waals surface area (Å²) in [4.78, 5) is 28.5. The largest absolute Gasteiger partial charge is 0.497 e. The SMILES string of the molecule is COc1ccc(-c2nnc(SC(C)C(=O)Nc3ccc(C(=O)O)cc3)nc2-c2ccc(OC)cc2)cc1. The summed E-state index contributed by atoms with van der Waals surface area (Å²) < 4.78 is 10.5. The second-order valence-electron chi connectivity index (χ2n) is 7.88. The Morgan fingerprint density at radius 3 is 1.86 bits per heavy atom. The normalized spacial score (nSPS) is 11.4. The molecule has 2 N–H and O–H groups in total. The maximum Gasteiger partial charge on any atom is 0.335 e. The van der Waals surface area contributed by atoms with E-state index in [2.05, 4.69) is 15.5 Å². The molecule has 0 radical (unpaired) electrons. The molecule has 0 aliphatic carbocycles. The maximum atomic E-state index is 12.8. The number of aromatic nitrogens is 3. The van der Waals surface area contributed by atoms with Crippen LogP contribution in [0.1, 0.15) is 17.3 Å². The van der Waals surface area contributed by atoms with Crippen molar-refractivity contribution < 1.29 is 24.2 Å². The van der Waals surface area contributed by atoms with E-state index in [1.54, 1.807) is 33.3 Å². The van der Waals surface area contributed by atoms with E-state index in [-0.39, 0.29) is 11.5 Å². The van der Waals surface area contributed by atoms with Gasteiger partial charge in [-0.15, -0.1) is 10.2 Å². The Morgan fingerprint density at radius 1 is 0.811 bits per heavy atom. The molecule has 0 fully saturated rings. The van der Waals surface area contributed by atoms with Gasteiger partial charge in [-0.05, 0) is 79.7 Å². The molecule has 4 rings (SSSR count). The number of hydrogen-bond acceptors (Lipinski definition) is 8. The van der Waals surface area contributed by atoms with Gasteiger partial charge in [0.1, 0.15) is 22.9 Å². The molecule has 9 nitrogen and oxygen atoms in total. The van der Waals surface area contributed by atoms with Gasteiger partial charge in [0.15, 0.2) is 0 Å². The fourth-order valence-corrected chi connectivity index (χ4v) is 4.12. The molecule has 0 saturated heterocycles. The highest BCUT2D eigenvalue weighted by atomic mass is 32.2. The number of methoxy groups -OCH3 is 2. The second kappa shape index (κ2) is 11.5. The molecule has 37 heavy (non-hydrogen) atoms. The van der Waals surface area contributed by atoms with Crippen LogP contribution in [0.5, 0.6) is 11.5 Å². The van der Waals surface area contributed by atoms with Crippen molar-refractivity contribution in [2.75, 3.05) is 19.5 Å². The first-order valence-electron chi connectivity index (χ1n) is 11.2. The standard InChI is InChI=1S/C27H24N4O5S/c1-16(25(32)28-20-10-4-19(5-11-20)26(33)34)37-27-29-23(17-6-12-21(35-2)13-7-17)24(30-31-27)18-8-14-22(36-3)15-9-18/h4-16H,1-3H3,(H,28,32)(H,33,34). The number of nitrogens with zero attached hydrogens (tertiary/aromatic N) is 3. The van der Waals surface area contributed by atoms with Crippen molar-refractivity contribution in [2.45, 2.75) is 17.3 Å². The van der Waals surface area contributed by atoms with Crippen molar-refractivity contribution in [2.24, 2.45) is 0 Å². The van der Waals surface area contributed by atoms with Crippen molar-refractivity contribution in [3.05, 3.63) is 78.4 Å². The van der Waals surface area contributed by atoms with Crippen molar-refractivity contribution in [1.29, 1.82) is 0 Å². The van der Waals surface area contributed by atoms with E-state index in [0.717, 1.165) is 16.9 Å². The molecule has 188 valence electrons. The van der Waals surface area contributed by atoms with Crippen molar-refractivity contribution >= 4 is 29.3 Å². The summed E-state index contributed by atoms with van der Waals surface area (Å²) in [5.41, 5.74) is 3.48. The topological polar surface area (TPSA) is 124 Å². The highest BCUT2D eigenvalue weighted by Gasteiger charge is 2.20. The predicted molar refractivity (Wildman–Crippen MR) is 141 cm³/mol. The zero-order valence-corrected chi connectivity index (χ0v) is 21.2. The summed E-state index contributed by atoms with van der Waals surface area (Å²) in [6.45, 7) is 1.74. The smallest absolute Gasteiger partial charge is 0.335 e. The van der Waals surface area contributed by atoms with E-state index >= 15 is 0 Å². The number of carbonyl (C=O) groups excluding carboxylic acids is 1. The minimum Gasteiger partial charge on any atom is -0.497 e. The van der Waals surface area contributed by atoms with Crippen LogP contribution in [-0.4, -0.2) is 51.6 Å². The number of rotatable bonds is 9. The molecular weight excluding hydrogens is 492 g/mol. The fourth-order valence-electron chi connectivity index (χ4n) is 3.41. The van der Waals surface area contributed by atoms with Crippen molar-refractivity contribution in [3.63, 3.8) is 0 Å². The van der Waals surface area contributed by atoms with Gasteiger partial charge in [0.25, 0.3) is 0 Å². The van der Waals surface area contributed by atoms with Gasteiger partial charge < -0.3 is 19.9 Å². The lowest BCUT2D eigenvalue weighted by Gasteiger charge is -2.13. The molecule has 10 heteroatoms. The van der Waals surface area contributed by atoms with Gasteiger partial charge in [0, 0.05) is 16.8 Å². The number of carboxylic acids is 1. The minimum atomic E-state index is -1.03. The second-order valence-corrected chi connectivity index (χ2v) is 9.19. The van der Waals surface area contributed by atoms with Gasteiger partial charge in [0.05, 0.1) is 25.0 Å². The van der Waals surface area contributed by atoms with Gasteiger partial charge in [0.2, 0.25) is 11.1 Å². The Morgan fingerprint density at radius 2 is 1.35 bits per heavy atom. The highest BCUT2D eigenvalue weighted by Crippen LogP contribution is 2.32. The third-order valence-electron chi connectivity index (χ3n) is 5.45. The third kappa shape index (κ3) is 6.22. The maximum absolute atomic E-state index is 12.8. The third-order valence-corrected chi connectivity index (χ3v) is 6.40. The Hall–Kier alpha value is -4.44. The van der Waals surface area contributed by atoms with E-state index in [1.807, 2.05) is 48.5 Å². The first-order valence-corrected chi connectivity index (χ1v) is 12.1. The fraction of sp³-hybridized carbons (Fsp3) is 0.148. The first kappa shape index (κ1) is 25.6. The van der Waals surface area contributed by atoms with Crippen LogP contribution in [0.15, 0.2) is 78.0 Å². The lowest BCUT2D eigenvalue weighted by molar-refractivity contribution is -0.115. The van der Waals surface area contributed by atoms with E-state index in [4.69, 9.17) is 19.6 Å². The lowest BCUT2D eigenvalue weighted by Crippen LogP contribution is -2.22. The lowest BCUT2D eigenvalue weighted by atomic mass is 10.0. The quantitative estimate of drug-likeness (QED) is 0.294. The van der Waals surface area contributed by atoms with E-state index in [0.29, 0.717) is 28.0 Å². The number of benzene rings is 3. The molecule has 0 saturated carbocycles. The van der Waals surface area contributed by atoms with Crippen LogP contribution < -0.4 is 14.8 Å². The summed E-state index contributed by atoms with van der Waals surface area (Å²) in [5.74, 6) is 0.132. The molecule has 1 atom stereocenters. The molecule has 1 aromatic heterocycles. The van der Waals surface area contributed by atoms with Crippen LogP contribution in [-0.2, 0) is 4.79 Å². The molecular formula is C27H24N4O5S. The van der Waals surface area contributed by atoms with E-state index in [9.17, 15) is 9.59 Å². The van der Waals surface area contributed by atoms with Gasteiger partial charge in [-0.1, -0.05) is 11.8 Å². The van der Waals surface area contributed by atoms with Crippen molar-refractivity contribution in [1.82, 2.24) is 15.2 Å². The minimum absolute atomic E-state index is 0.142. The predicted octanol–water partition coefficient (Wildman–Crippen LogP) is 5.04. The molecule has 4 aromatic rings. The van der Waals surface area contributed by atoms with Crippen LogP contribution in [0.25, 0.3) is 22.5 Å². The number of aromatic carboxylic acids is 1. The van der Waals surface area contributed by atoms with Gasteiger partial charge >= 0.3 is 5.97 Å². The Labute approximate surface area is 217 Å². The van der Waals surface area contributed by atoms with Crippen LogP contribution >= 0.6 is 11.8 Å². The highest BCUT2D eigenvalue weighted by molar-refractivity contribution is 8.00. The monoisotopic (exact) mass is 516 g/mol. The molecule has 0 spiro atoms. The molecule has 0 bridgehead atoms. The first-order chi connectivity index (χ1) is 17.9. The Kier molecular flexibility index (Phi) is 7.99. The number of amides is 1. The van der Waals surface area contributed by atoms with Gasteiger partial charge in [-0.3, -0.25) is 4.79 Å². The van der Waals surface area contributed by atoms with Crippen molar-refractivity contribution in [3.8, 4) is 34.0 Å². The average molecular weight is 517 g/mol. The Balaban J connectivity index is 1.59. The summed E-state index contributed by atoms with van der Waals surface area (Å²) >= 11 is 1.17. The summed E-state index contributed by atoms with van der Waals surface area (Å²) in [7, 11) is 3.21. The van der Waals surface area contributed by atoms with Gasteiger partial charge in [-0.2, -0.15) is 0 Å².